The minimum absolute atomic E-state index is 0.115. The Hall–Kier alpha value is -0.340. The first-order chi connectivity index (χ1) is 7.64. The van der Waals surface area contributed by atoms with Crippen molar-refractivity contribution >= 4 is 15.9 Å². The molecule has 1 nitrogen and oxygen atoms in total. The molecule has 0 radical (unpaired) electrons. The van der Waals surface area contributed by atoms with Crippen LogP contribution < -0.4 is 0 Å². The van der Waals surface area contributed by atoms with Gasteiger partial charge in [0.25, 0.3) is 0 Å². The second kappa shape index (κ2) is 4.50. The van der Waals surface area contributed by atoms with E-state index in [2.05, 4.69) is 54.0 Å². The maximum Gasteiger partial charge on any atom is 0.0608 e. The monoisotopic (exact) mass is 282 g/mol. The van der Waals surface area contributed by atoms with E-state index in [0.717, 1.165) is 23.7 Å². The van der Waals surface area contributed by atoms with Crippen molar-refractivity contribution in [3.8, 4) is 0 Å². The molecular weight excluding hydrogens is 264 g/mol. The Labute approximate surface area is 106 Å². The van der Waals surface area contributed by atoms with Gasteiger partial charge < -0.3 is 5.11 Å². The standard InChI is InChI=1S/C14H19BrO/c1-3-14(4-2)12(9-13(14)16)10-5-7-11(15)8-6-10/h5-8,12-13,16H,3-4,9H2,1-2H3. The van der Waals surface area contributed by atoms with E-state index >= 15 is 0 Å². The molecule has 1 aromatic rings. The lowest BCUT2D eigenvalue weighted by Gasteiger charge is -2.53. The second-order valence-electron chi connectivity index (χ2n) is 4.80. The van der Waals surface area contributed by atoms with E-state index in [4.69, 9.17) is 0 Å². The smallest absolute Gasteiger partial charge is 0.0608 e. The molecule has 88 valence electrons. The molecule has 0 aromatic heterocycles. The van der Waals surface area contributed by atoms with Gasteiger partial charge in [-0.2, -0.15) is 0 Å². The lowest BCUT2D eigenvalue weighted by Crippen LogP contribution is -2.50. The summed E-state index contributed by atoms with van der Waals surface area (Å²) in [6.45, 7) is 4.38. The molecule has 0 bridgehead atoms. The summed E-state index contributed by atoms with van der Waals surface area (Å²) in [4.78, 5) is 0. The lowest BCUT2D eigenvalue weighted by molar-refractivity contribution is -0.0932. The van der Waals surface area contributed by atoms with Gasteiger partial charge in [-0.1, -0.05) is 41.9 Å². The second-order valence-corrected chi connectivity index (χ2v) is 5.71. The minimum Gasteiger partial charge on any atom is -0.393 e. The van der Waals surface area contributed by atoms with E-state index in [1.807, 2.05) is 0 Å². The number of hydrogen-bond acceptors (Lipinski definition) is 1. The molecular formula is C14H19BrO. The van der Waals surface area contributed by atoms with Gasteiger partial charge in [0.1, 0.15) is 0 Å². The van der Waals surface area contributed by atoms with Crippen LogP contribution in [0, 0.1) is 5.41 Å². The Balaban J connectivity index is 2.26. The van der Waals surface area contributed by atoms with Gasteiger partial charge in [-0.3, -0.25) is 0 Å². The fraction of sp³-hybridized carbons (Fsp3) is 0.571. The minimum atomic E-state index is -0.115. The largest absolute Gasteiger partial charge is 0.393 e. The van der Waals surface area contributed by atoms with Crippen LogP contribution in [-0.4, -0.2) is 11.2 Å². The summed E-state index contributed by atoms with van der Waals surface area (Å²) in [5.41, 5.74) is 1.49. The molecule has 0 amide bonds. The summed E-state index contributed by atoms with van der Waals surface area (Å²) in [7, 11) is 0. The number of hydrogen-bond donors (Lipinski definition) is 1. The number of aliphatic hydroxyl groups is 1. The Bertz CT molecular complexity index is 354. The van der Waals surface area contributed by atoms with Crippen LogP contribution in [0.4, 0.5) is 0 Å². The molecule has 1 fully saturated rings. The average Bonchev–Trinajstić information content (AvgIpc) is 2.29. The van der Waals surface area contributed by atoms with Crippen molar-refractivity contribution in [2.75, 3.05) is 0 Å². The Morgan fingerprint density at radius 2 is 1.81 bits per heavy atom. The molecule has 2 atom stereocenters. The Morgan fingerprint density at radius 1 is 1.25 bits per heavy atom. The van der Waals surface area contributed by atoms with Crippen molar-refractivity contribution in [3.05, 3.63) is 34.3 Å². The van der Waals surface area contributed by atoms with Gasteiger partial charge in [0.15, 0.2) is 0 Å². The van der Waals surface area contributed by atoms with Gasteiger partial charge in [0, 0.05) is 9.89 Å². The van der Waals surface area contributed by atoms with Crippen molar-refractivity contribution in [1.82, 2.24) is 0 Å². The predicted octanol–water partition coefficient (Wildman–Crippen LogP) is 4.10. The molecule has 1 aliphatic rings. The molecule has 2 unspecified atom stereocenters. The van der Waals surface area contributed by atoms with E-state index in [1.165, 1.54) is 5.56 Å². The van der Waals surface area contributed by atoms with Crippen LogP contribution >= 0.6 is 15.9 Å². The van der Waals surface area contributed by atoms with Crippen molar-refractivity contribution in [3.63, 3.8) is 0 Å². The van der Waals surface area contributed by atoms with Crippen LogP contribution in [0.3, 0.4) is 0 Å². The molecule has 0 spiro atoms. The summed E-state index contributed by atoms with van der Waals surface area (Å²) in [6, 6.07) is 8.55. The van der Waals surface area contributed by atoms with E-state index in [9.17, 15) is 5.11 Å². The SMILES string of the molecule is CCC1(CC)C(O)CC1c1ccc(Br)cc1. The van der Waals surface area contributed by atoms with Gasteiger partial charge in [0.2, 0.25) is 0 Å². The maximum atomic E-state index is 10.0. The third-order valence-corrected chi connectivity index (χ3v) is 4.93. The Morgan fingerprint density at radius 3 is 2.25 bits per heavy atom. The highest BCUT2D eigenvalue weighted by Crippen LogP contribution is 2.57. The van der Waals surface area contributed by atoms with Crippen molar-refractivity contribution in [2.24, 2.45) is 5.41 Å². The van der Waals surface area contributed by atoms with Gasteiger partial charge >= 0.3 is 0 Å². The molecule has 1 saturated carbocycles. The van der Waals surface area contributed by atoms with Gasteiger partial charge in [-0.25, -0.2) is 0 Å². The van der Waals surface area contributed by atoms with Crippen LogP contribution in [0.25, 0.3) is 0 Å². The zero-order chi connectivity index (χ0) is 11.8. The van der Waals surface area contributed by atoms with E-state index < -0.39 is 0 Å². The number of halogens is 1. The van der Waals surface area contributed by atoms with Gasteiger partial charge in [0.05, 0.1) is 6.10 Å². The number of rotatable bonds is 3. The molecule has 2 heteroatoms. The molecule has 1 N–H and O–H groups in total. The van der Waals surface area contributed by atoms with E-state index in [1.54, 1.807) is 0 Å². The number of benzene rings is 1. The number of aliphatic hydroxyl groups excluding tert-OH is 1. The highest BCUT2D eigenvalue weighted by Gasteiger charge is 2.52. The normalized spacial score (nSPS) is 27.5. The molecule has 1 aliphatic carbocycles. The summed E-state index contributed by atoms with van der Waals surface area (Å²) in [5, 5.41) is 10.0. The fourth-order valence-corrected chi connectivity index (χ4v) is 3.41. The van der Waals surface area contributed by atoms with Crippen molar-refractivity contribution < 1.29 is 5.11 Å². The first kappa shape index (κ1) is 12.1. The van der Waals surface area contributed by atoms with Crippen LogP contribution in [0.1, 0.15) is 44.6 Å². The molecule has 2 rings (SSSR count). The predicted molar refractivity (Wildman–Crippen MR) is 70.5 cm³/mol. The zero-order valence-corrected chi connectivity index (χ0v) is 11.5. The topological polar surface area (TPSA) is 20.2 Å². The highest BCUT2D eigenvalue weighted by atomic mass is 79.9. The summed E-state index contributed by atoms with van der Waals surface area (Å²) < 4.78 is 1.12. The lowest BCUT2D eigenvalue weighted by atomic mass is 9.53. The quantitative estimate of drug-likeness (QED) is 0.885. The van der Waals surface area contributed by atoms with Crippen LogP contribution in [0.2, 0.25) is 0 Å². The molecule has 1 aromatic carbocycles. The fourth-order valence-electron chi connectivity index (χ4n) is 3.14. The third kappa shape index (κ3) is 1.72. The van der Waals surface area contributed by atoms with Crippen LogP contribution in [-0.2, 0) is 0 Å². The maximum absolute atomic E-state index is 10.0. The zero-order valence-electron chi connectivity index (χ0n) is 9.91. The summed E-state index contributed by atoms with van der Waals surface area (Å²) in [5.74, 6) is 0.533. The highest BCUT2D eigenvalue weighted by molar-refractivity contribution is 9.10. The third-order valence-electron chi connectivity index (χ3n) is 4.41. The van der Waals surface area contributed by atoms with Crippen LogP contribution in [0.15, 0.2) is 28.7 Å². The molecule has 0 saturated heterocycles. The molecule has 0 aliphatic heterocycles. The first-order valence-electron chi connectivity index (χ1n) is 6.07. The summed E-state index contributed by atoms with van der Waals surface area (Å²) >= 11 is 3.46. The summed E-state index contributed by atoms with van der Waals surface area (Å²) in [6.07, 6.45) is 2.93. The van der Waals surface area contributed by atoms with Crippen molar-refractivity contribution in [1.29, 1.82) is 0 Å². The van der Waals surface area contributed by atoms with Crippen LogP contribution in [0.5, 0.6) is 0 Å². The molecule has 0 heterocycles. The van der Waals surface area contributed by atoms with Gasteiger partial charge in [-0.05, 0) is 42.9 Å². The van der Waals surface area contributed by atoms with E-state index in [-0.39, 0.29) is 11.5 Å². The van der Waals surface area contributed by atoms with E-state index in [0.29, 0.717) is 5.92 Å². The van der Waals surface area contributed by atoms with Gasteiger partial charge in [-0.15, -0.1) is 0 Å². The van der Waals surface area contributed by atoms with Crippen molar-refractivity contribution in [2.45, 2.75) is 45.1 Å². The average molecular weight is 283 g/mol. The Kier molecular flexibility index (Phi) is 3.41. The molecule has 16 heavy (non-hydrogen) atoms. The first-order valence-corrected chi connectivity index (χ1v) is 6.87.